The lowest BCUT2D eigenvalue weighted by molar-refractivity contribution is -0.0500. The van der Waals surface area contributed by atoms with Crippen LogP contribution in [-0.4, -0.2) is 36.5 Å². The van der Waals surface area contributed by atoms with Gasteiger partial charge in [-0.05, 0) is 32.1 Å². The van der Waals surface area contributed by atoms with Crippen molar-refractivity contribution in [2.75, 3.05) is 13.7 Å². The van der Waals surface area contributed by atoms with E-state index in [9.17, 15) is 5.11 Å². The van der Waals surface area contributed by atoms with Crippen molar-refractivity contribution in [2.45, 2.75) is 56.2 Å². The van der Waals surface area contributed by atoms with Gasteiger partial charge in [-0.25, -0.2) is 0 Å². The molecule has 0 amide bonds. The van der Waals surface area contributed by atoms with E-state index in [0.717, 1.165) is 19.3 Å². The van der Waals surface area contributed by atoms with E-state index in [0.29, 0.717) is 18.7 Å². The molecule has 2 heterocycles. The van der Waals surface area contributed by atoms with Crippen LogP contribution in [0.15, 0.2) is 0 Å². The minimum absolute atomic E-state index is 0.461. The average Bonchev–Trinajstić information content (AvgIpc) is 2.14. The van der Waals surface area contributed by atoms with E-state index < -0.39 is 5.60 Å². The summed E-state index contributed by atoms with van der Waals surface area (Å²) in [7, 11) is 1.70. The number of aliphatic hydroxyl groups is 1. The van der Waals surface area contributed by atoms with E-state index in [4.69, 9.17) is 4.74 Å². The maximum absolute atomic E-state index is 10.4. The fraction of sp³-hybridized carbons (Fsp3) is 1.00. The summed E-state index contributed by atoms with van der Waals surface area (Å²) in [6.45, 7) is 0.677. The van der Waals surface area contributed by atoms with Gasteiger partial charge in [0.2, 0.25) is 0 Å². The molecule has 0 aromatic rings. The van der Waals surface area contributed by atoms with Gasteiger partial charge in [0.25, 0.3) is 0 Å². The molecular formula is C11H21NO2. The quantitative estimate of drug-likeness (QED) is 0.714. The Morgan fingerprint density at radius 1 is 1.36 bits per heavy atom. The Morgan fingerprint density at radius 2 is 2.00 bits per heavy atom. The normalized spacial score (nSPS) is 42.4. The molecule has 2 atom stereocenters. The first-order valence-corrected chi connectivity index (χ1v) is 5.69. The standard InChI is InChI=1S/C11H21NO2/c1-14-6-5-11(13)7-9-3-2-4-10(8-11)12-9/h9-10,12-13H,2-8H2,1H3. The van der Waals surface area contributed by atoms with Crippen LogP contribution in [0.25, 0.3) is 0 Å². The van der Waals surface area contributed by atoms with Crippen molar-refractivity contribution in [3.05, 3.63) is 0 Å². The minimum Gasteiger partial charge on any atom is -0.390 e. The van der Waals surface area contributed by atoms with Gasteiger partial charge in [-0.15, -0.1) is 0 Å². The van der Waals surface area contributed by atoms with Crippen LogP contribution in [0.5, 0.6) is 0 Å². The Hall–Kier alpha value is -0.120. The van der Waals surface area contributed by atoms with Gasteiger partial charge in [-0.3, -0.25) is 0 Å². The van der Waals surface area contributed by atoms with Crippen LogP contribution in [-0.2, 0) is 4.74 Å². The van der Waals surface area contributed by atoms with E-state index in [2.05, 4.69) is 5.32 Å². The molecule has 2 bridgehead atoms. The highest BCUT2D eigenvalue weighted by Gasteiger charge is 2.39. The molecule has 0 saturated carbocycles. The zero-order chi connectivity index (χ0) is 10.0. The summed E-state index contributed by atoms with van der Waals surface area (Å²) in [5.74, 6) is 0. The molecule has 2 aliphatic rings. The highest BCUT2D eigenvalue weighted by molar-refractivity contribution is 4.97. The van der Waals surface area contributed by atoms with E-state index >= 15 is 0 Å². The first-order chi connectivity index (χ1) is 6.72. The molecule has 14 heavy (non-hydrogen) atoms. The number of hydrogen-bond acceptors (Lipinski definition) is 3. The van der Waals surface area contributed by atoms with Crippen molar-refractivity contribution in [3.63, 3.8) is 0 Å². The van der Waals surface area contributed by atoms with Gasteiger partial charge in [-0.1, -0.05) is 6.42 Å². The smallest absolute Gasteiger partial charge is 0.0699 e. The topological polar surface area (TPSA) is 41.5 Å². The van der Waals surface area contributed by atoms with Crippen molar-refractivity contribution in [3.8, 4) is 0 Å². The van der Waals surface area contributed by atoms with Gasteiger partial charge < -0.3 is 15.2 Å². The first kappa shape index (κ1) is 10.4. The molecule has 2 rings (SSSR count). The monoisotopic (exact) mass is 199 g/mol. The summed E-state index contributed by atoms with van der Waals surface area (Å²) in [4.78, 5) is 0. The molecular weight excluding hydrogens is 178 g/mol. The number of ether oxygens (including phenoxy) is 1. The molecule has 2 saturated heterocycles. The lowest BCUT2D eigenvalue weighted by atomic mass is 9.76. The Balaban J connectivity index is 1.93. The Kier molecular flexibility index (Phi) is 3.10. The maximum Gasteiger partial charge on any atom is 0.0699 e. The lowest BCUT2D eigenvalue weighted by Gasteiger charge is -2.45. The van der Waals surface area contributed by atoms with Crippen LogP contribution in [0.3, 0.4) is 0 Å². The largest absolute Gasteiger partial charge is 0.390 e. The molecule has 0 aromatic carbocycles. The molecule has 0 aliphatic carbocycles. The average molecular weight is 199 g/mol. The van der Waals surface area contributed by atoms with E-state index in [-0.39, 0.29) is 0 Å². The number of methoxy groups -OCH3 is 1. The maximum atomic E-state index is 10.4. The molecule has 2 aliphatic heterocycles. The van der Waals surface area contributed by atoms with E-state index in [1.807, 2.05) is 0 Å². The molecule has 2 fully saturated rings. The highest BCUT2D eigenvalue weighted by atomic mass is 16.5. The summed E-state index contributed by atoms with van der Waals surface area (Å²) in [6, 6.07) is 1.09. The third-order valence-corrected chi connectivity index (χ3v) is 3.60. The molecule has 82 valence electrons. The van der Waals surface area contributed by atoms with Crippen molar-refractivity contribution in [1.29, 1.82) is 0 Å². The molecule has 3 nitrogen and oxygen atoms in total. The predicted octanol–water partition coefficient (Wildman–Crippen LogP) is 1.06. The van der Waals surface area contributed by atoms with Crippen LogP contribution in [0, 0.1) is 0 Å². The fourth-order valence-corrected chi connectivity index (χ4v) is 2.93. The minimum atomic E-state index is -0.461. The summed E-state index contributed by atoms with van der Waals surface area (Å²) >= 11 is 0. The van der Waals surface area contributed by atoms with Crippen LogP contribution in [0.4, 0.5) is 0 Å². The molecule has 2 N–H and O–H groups in total. The second-order valence-electron chi connectivity index (χ2n) is 4.87. The van der Waals surface area contributed by atoms with Crippen molar-refractivity contribution >= 4 is 0 Å². The molecule has 0 spiro atoms. The second kappa shape index (κ2) is 4.17. The van der Waals surface area contributed by atoms with Crippen LogP contribution in [0.2, 0.25) is 0 Å². The molecule has 0 radical (unpaired) electrons. The van der Waals surface area contributed by atoms with E-state index in [1.165, 1.54) is 19.3 Å². The summed E-state index contributed by atoms with van der Waals surface area (Å²) in [5.41, 5.74) is -0.461. The number of rotatable bonds is 3. The van der Waals surface area contributed by atoms with Gasteiger partial charge in [0.05, 0.1) is 5.60 Å². The lowest BCUT2D eigenvalue weighted by Crippen LogP contribution is -2.55. The van der Waals surface area contributed by atoms with Crippen molar-refractivity contribution in [2.24, 2.45) is 0 Å². The van der Waals surface area contributed by atoms with Crippen LogP contribution in [0.1, 0.15) is 38.5 Å². The van der Waals surface area contributed by atoms with Gasteiger partial charge in [0.15, 0.2) is 0 Å². The second-order valence-corrected chi connectivity index (χ2v) is 4.87. The zero-order valence-electron chi connectivity index (χ0n) is 8.96. The predicted molar refractivity (Wildman–Crippen MR) is 55.2 cm³/mol. The molecule has 2 unspecified atom stereocenters. The SMILES string of the molecule is COCCC1(O)CC2CCCC(C1)N2. The highest BCUT2D eigenvalue weighted by Crippen LogP contribution is 2.34. The number of piperidine rings is 2. The summed E-state index contributed by atoms with van der Waals surface area (Å²) in [5, 5.41) is 14.0. The Morgan fingerprint density at radius 3 is 2.57 bits per heavy atom. The first-order valence-electron chi connectivity index (χ1n) is 5.69. The van der Waals surface area contributed by atoms with Gasteiger partial charge in [0, 0.05) is 25.8 Å². The third kappa shape index (κ3) is 2.27. The Labute approximate surface area is 85.8 Å². The molecule has 0 aromatic heterocycles. The van der Waals surface area contributed by atoms with Crippen molar-refractivity contribution < 1.29 is 9.84 Å². The summed E-state index contributed by atoms with van der Waals surface area (Å²) in [6.07, 6.45) is 6.39. The van der Waals surface area contributed by atoms with E-state index in [1.54, 1.807) is 7.11 Å². The Bertz CT molecular complexity index is 184. The third-order valence-electron chi connectivity index (χ3n) is 3.60. The van der Waals surface area contributed by atoms with Gasteiger partial charge >= 0.3 is 0 Å². The number of nitrogens with one attached hydrogen (secondary N) is 1. The number of fused-ring (bicyclic) bond motifs is 2. The van der Waals surface area contributed by atoms with Crippen molar-refractivity contribution in [1.82, 2.24) is 5.32 Å². The fourth-order valence-electron chi connectivity index (χ4n) is 2.93. The van der Waals surface area contributed by atoms with Crippen LogP contribution >= 0.6 is 0 Å². The zero-order valence-corrected chi connectivity index (χ0v) is 8.96. The molecule has 3 heteroatoms. The summed E-state index contributed by atoms with van der Waals surface area (Å²) < 4.78 is 5.05. The number of hydrogen-bond donors (Lipinski definition) is 2. The van der Waals surface area contributed by atoms with Gasteiger partial charge in [0.1, 0.15) is 0 Å². The van der Waals surface area contributed by atoms with Gasteiger partial charge in [-0.2, -0.15) is 0 Å². The van der Waals surface area contributed by atoms with Crippen LogP contribution < -0.4 is 5.32 Å².